The first kappa shape index (κ1) is 33.0. The molecule has 0 amide bonds. The van der Waals surface area contributed by atoms with Crippen LogP contribution in [0.4, 0.5) is 0 Å². The van der Waals surface area contributed by atoms with Crippen LogP contribution in [-0.4, -0.2) is 13.7 Å². The van der Waals surface area contributed by atoms with Crippen molar-refractivity contribution in [2.24, 2.45) is 0 Å². The van der Waals surface area contributed by atoms with Gasteiger partial charge in [0, 0.05) is 44.0 Å². The van der Waals surface area contributed by atoms with Crippen LogP contribution in [-0.2, 0) is 0 Å². The van der Waals surface area contributed by atoms with E-state index in [1.165, 1.54) is 4.57 Å². The number of fused-ring (bicyclic) bond motifs is 9. The molecule has 0 atom stereocenters. The predicted octanol–water partition coefficient (Wildman–Crippen LogP) is 12.2. The van der Waals surface area contributed by atoms with Crippen molar-refractivity contribution < 1.29 is 8.83 Å². The van der Waals surface area contributed by atoms with Crippen LogP contribution in [0, 0.1) is 0 Å². The Morgan fingerprint density at radius 1 is 0.305 bits per heavy atom. The van der Waals surface area contributed by atoms with E-state index < -0.39 is 0 Å². The fraction of sp³-hybridized carbons (Fsp3) is 0. The molecule has 278 valence electrons. The van der Waals surface area contributed by atoms with Crippen molar-refractivity contribution in [3.63, 3.8) is 0 Å². The standard InChI is InChI=1S/C52H31N3O4/c56-51-43-30-47-41(37-12-4-6-14-45(37)53(47)35-22-18-32(19-23-35)49-16-8-26-58-49)28-39(43)40-29-42-38-13-5-7-15-46(38)54(36-24-20-33(21-25-36)50-17-9-27-59-50)48(42)31-44(40)52(57)55(51)34-10-2-1-3-11-34/h1-31H. The molecule has 5 aromatic heterocycles. The maximum absolute atomic E-state index is 15.1. The summed E-state index contributed by atoms with van der Waals surface area (Å²) in [6, 6.07) is 58.1. The Morgan fingerprint density at radius 2 is 0.729 bits per heavy atom. The van der Waals surface area contributed by atoms with Crippen LogP contribution in [0.3, 0.4) is 0 Å². The lowest BCUT2D eigenvalue weighted by Gasteiger charge is -2.09. The van der Waals surface area contributed by atoms with Gasteiger partial charge in [-0.05, 0) is 132 Å². The number of para-hydroxylation sites is 3. The van der Waals surface area contributed by atoms with Gasteiger partial charge in [0.15, 0.2) is 0 Å². The highest BCUT2D eigenvalue weighted by Crippen LogP contribution is 2.39. The van der Waals surface area contributed by atoms with Crippen LogP contribution in [0.1, 0.15) is 0 Å². The second-order valence-electron chi connectivity index (χ2n) is 14.9. The average Bonchev–Trinajstić information content (AvgIpc) is 4.12. The van der Waals surface area contributed by atoms with E-state index in [0.29, 0.717) is 27.2 Å². The minimum absolute atomic E-state index is 0.384. The summed E-state index contributed by atoms with van der Waals surface area (Å²) in [4.78, 5) is 30.3. The lowest BCUT2D eigenvalue weighted by molar-refractivity contribution is 0.582. The number of benzene rings is 7. The molecule has 7 heteroatoms. The average molecular weight is 762 g/mol. The van der Waals surface area contributed by atoms with Gasteiger partial charge in [-0.1, -0.05) is 54.6 Å². The van der Waals surface area contributed by atoms with Gasteiger partial charge in [0.25, 0.3) is 11.1 Å². The van der Waals surface area contributed by atoms with Crippen molar-refractivity contribution >= 4 is 65.2 Å². The Kier molecular flexibility index (Phi) is 7.10. The maximum atomic E-state index is 15.1. The first-order chi connectivity index (χ1) is 29.1. The molecule has 0 aliphatic carbocycles. The summed E-state index contributed by atoms with van der Waals surface area (Å²) >= 11 is 0. The van der Waals surface area contributed by atoms with Crippen LogP contribution < -0.4 is 11.1 Å². The number of nitrogens with zero attached hydrogens (tertiary/aromatic N) is 3. The van der Waals surface area contributed by atoms with E-state index in [1.54, 1.807) is 12.5 Å². The van der Waals surface area contributed by atoms with Crippen LogP contribution in [0.2, 0.25) is 0 Å². The van der Waals surface area contributed by atoms with E-state index in [0.717, 1.165) is 77.6 Å². The Balaban J connectivity index is 1.20. The summed E-state index contributed by atoms with van der Waals surface area (Å²) in [5, 5.41) is 6.36. The Morgan fingerprint density at radius 3 is 1.17 bits per heavy atom. The highest BCUT2D eigenvalue weighted by atomic mass is 16.3. The van der Waals surface area contributed by atoms with Crippen LogP contribution in [0.15, 0.2) is 207 Å². The molecule has 5 heterocycles. The minimum atomic E-state index is -0.384. The Bertz CT molecular complexity index is 3500. The molecule has 12 aromatic rings. The fourth-order valence-electron chi connectivity index (χ4n) is 8.97. The maximum Gasteiger partial charge on any atom is 0.266 e. The molecular weight excluding hydrogens is 731 g/mol. The van der Waals surface area contributed by atoms with Crippen molar-refractivity contribution in [1.29, 1.82) is 0 Å². The van der Waals surface area contributed by atoms with Gasteiger partial charge in [0.2, 0.25) is 0 Å². The summed E-state index contributed by atoms with van der Waals surface area (Å²) in [5.74, 6) is 1.58. The smallest absolute Gasteiger partial charge is 0.266 e. The van der Waals surface area contributed by atoms with E-state index in [4.69, 9.17) is 8.83 Å². The molecule has 7 aromatic carbocycles. The van der Waals surface area contributed by atoms with Crippen LogP contribution in [0.25, 0.3) is 105 Å². The predicted molar refractivity (Wildman–Crippen MR) is 237 cm³/mol. The summed E-state index contributed by atoms with van der Waals surface area (Å²) in [5.41, 5.74) is 7.30. The third kappa shape index (κ3) is 4.95. The first-order valence-electron chi connectivity index (χ1n) is 19.5. The second kappa shape index (κ2) is 12.7. The Labute approximate surface area is 335 Å². The number of rotatable bonds is 5. The molecule has 0 radical (unpaired) electrons. The van der Waals surface area contributed by atoms with Gasteiger partial charge in [-0.3, -0.25) is 9.59 Å². The monoisotopic (exact) mass is 761 g/mol. The third-order valence-corrected chi connectivity index (χ3v) is 11.7. The van der Waals surface area contributed by atoms with Gasteiger partial charge in [-0.25, -0.2) is 4.57 Å². The molecule has 0 unspecified atom stereocenters. The van der Waals surface area contributed by atoms with Gasteiger partial charge in [0.05, 0.1) is 51.1 Å². The molecule has 0 aliphatic heterocycles. The van der Waals surface area contributed by atoms with Gasteiger partial charge in [0.1, 0.15) is 11.5 Å². The molecule has 7 nitrogen and oxygen atoms in total. The third-order valence-electron chi connectivity index (χ3n) is 11.7. The second-order valence-corrected chi connectivity index (χ2v) is 14.9. The number of hydrogen-bond donors (Lipinski definition) is 0. The van der Waals surface area contributed by atoms with Crippen molar-refractivity contribution in [2.75, 3.05) is 0 Å². The fourth-order valence-corrected chi connectivity index (χ4v) is 8.97. The number of aromatic nitrogens is 3. The van der Waals surface area contributed by atoms with E-state index in [2.05, 4.69) is 69.8 Å². The zero-order chi connectivity index (χ0) is 39.2. The molecule has 12 rings (SSSR count). The van der Waals surface area contributed by atoms with E-state index >= 15 is 9.59 Å². The molecule has 0 saturated heterocycles. The molecule has 0 bridgehead atoms. The molecule has 0 aliphatic rings. The topological polar surface area (TPSA) is 75.2 Å². The quantitative estimate of drug-likeness (QED) is 0.175. The summed E-state index contributed by atoms with van der Waals surface area (Å²) in [6.07, 6.45) is 3.34. The van der Waals surface area contributed by atoms with Crippen molar-refractivity contribution in [3.05, 3.63) is 209 Å². The lowest BCUT2D eigenvalue weighted by Crippen LogP contribution is -2.28. The molecule has 59 heavy (non-hydrogen) atoms. The Hall–Kier alpha value is -8.16. The highest BCUT2D eigenvalue weighted by Gasteiger charge is 2.21. The van der Waals surface area contributed by atoms with Gasteiger partial charge >= 0.3 is 0 Å². The van der Waals surface area contributed by atoms with Crippen molar-refractivity contribution in [3.8, 4) is 39.7 Å². The molecular formula is C52H31N3O4. The number of hydrogen-bond acceptors (Lipinski definition) is 4. The SMILES string of the molecule is O=c1c2cc3c(cc2c2cc4c5ccccc5n(-c5ccc(-c6ccco6)cc5)c4cc2c(=O)n1-c1ccccc1)c1ccccc1n3-c1ccc(-c2ccco2)cc1. The first-order valence-corrected chi connectivity index (χ1v) is 19.5. The highest BCUT2D eigenvalue weighted by molar-refractivity contribution is 6.21. The number of furan rings is 2. The molecule has 0 N–H and O–H groups in total. The summed E-state index contributed by atoms with van der Waals surface area (Å²) in [6.45, 7) is 0. The van der Waals surface area contributed by atoms with Gasteiger partial charge in [-0.15, -0.1) is 0 Å². The van der Waals surface area contributed by atoms with E-state index in [9.17, 15) is 0 Å². The normalized spacial score (nSPS) is 11.9. The minimum Gasteiger partial charge on any atom is -0.464 e. The summed E-state index contributed by atoms with van der Waals surface area (Å²) < 4.78 is 17.1. The van der Waals surface area contributed by atoms with Gasteiger partial charge < -0.3 is 18.0 Å². The van der Waals surface area contributed by atoms with Crippen molar-refractivity contribution in [2.45, 2.75) is 0 Å². The van der Waals surface area contributed by atoms with E-state index in [1.807, 2.05) is 115 Å². The summed E-state index contributed by atoms with van der Waals surface area (Å²) in [7, 11) is 0. The molecule has 0 fully saturated rings. The van der Waals surface area contributed by atoms with Crippen molar-refractivity contribution in [1.82, 2.24) is 13.7 Å². The molecule has 0 spiro atoms. The van der Waals surface area contributed by atoms with Crippen LogP contribution >= 0.6 is 0 Å². The van der Waals surface area contributed by atoms with E-state index in [-0.39, 0.29) is 11.1 Å². The molecule has 0 saturated carbocycles. The zero-order valence-corrected chi connectivity index (χ0v) is 31.4. The lowest BCUT2D eigenvalue weighted by atomic mass is 10.0. The van der Waals surface area contributed by atoms with Gasteiger partial charge in [-0.2, -0.15) is 0 Å². The largest absolute Gasteiger partial charge is 0.464 e. The van der Waals surface area contributed by atoms with Crippen LogP contribution in [0.5, 0.6) is 0 Å². The zero-order valence-electron chi connectivity index (χ0n) is 31.4.